The molecule has 0 amide bonds. The van der Waals surface area contributed by atoms with Gasteiger partial charge in [-0.3, -0.25) is 8.68 Å². The summed E-state index contributed by atoms with van der Waals surface area (Å²) in [4.78, 5) is 36.5. The minimum absolute atomic E-state index is 0. The molecule has 1 heterocycles. The molecule has 27 heavy (non-hydrogen) atoms. The summed E-state index contributed by atoms with van der Waals surface area (Å²) in [6, 6.07) is 9.88. The van der Waals surface area contributed by atoms with Crippen LogP contribution in [-0.4, -0.2) is 46.4 Å². The Kier molecular flexibility index (Phi) is 7.98. The summed E-state index contributed by atoms with van der Waals surface area (Å²) in [5.74, 6) is -1.51. The van der Waals surface area contributed by atoms with Gasteiger partial charge in [-0.1, -0.05) is 35.5 Å². The van der Waals surface area contributed by atoms with Gasteiger partial charge >= 0.3 is 5.97 Å². The fourth-order valence-corrected chi connectivity index (χ4v) is 3.93. The Morgan fingerprint density at radius 1 is 1.30 bits per heavy atom. The zero-order valence-electron chi connectivity index (χ0n) is 15.6. The van der Waals surface area contributed by atoms with Crippen LogP contribution in [0.3, 0.4) is 0 Å². The second-order valence-electron chi connectivity index (χ2n) is 6.89. The average Bonchev–Trinajstić information content (AvgIpc) is 2.62. The maximum Gasteiger partial charge on any atom is 0.336 e. The molecule has 0 radical (unpaired) electrons. The van der Waals surface area contributed by atoms with E-state index < -0.39 is 22.8 Å². The van der Waals surface area contributed by atoms with Crippen molar-refractivity contribution < 1.29 is 30.6 Å². The lowest BCUT2D eigenvalue weighted by atomic mass is 9.69. The second-order valence-corrected chi connectivity index (χ2v) is 7.74. The number of halogens is 1. The molecule has 1 aliphatic rings. The van der Waals surface area contributed by atoms with Crippen molar-refractivity contribution in [2.45, 2.75) is 44.3 Å². The summed E-state index contributed by atoms with van der Waals surface area (Å²) in [6.07, 6.45) is 0.365. The molecule has 9 heteroatoms. The Morgan fingerprint density at radius 2 is 1.85 bits per heavy atom. The van der Waals surface area contributed by atoms with Crippen LogP contribution in [0.15, 0.2) is 35.5 Å². The van der Waals surface area contributed by atoms with Gasteiger partial charge in [0.15, 0.2) is 5.78 Å². The number of ketones is 1. The lowest BCUT2D eigenvalue weighted by Crippen LogP contribution is -3.00. The summed E-state index contributed by atoms with van der Waals surface area (Å²) in [6.45, 7) is 4.46. The first kappa shape index (κ1) is 23.6. The van der Waals surface area contributed by atoms with Crippen LogP contribution < -0.4 is 18.1 Å². The van der Waals surface area contributed by atoms with Crippen LogP contribution in [0.2, 0.25) is 0 Å². The van der Waals surface area contributed by atoms with Crippen LogP contribution in [-0.2, 0) is 20.9 Å². The van der Waals surface area contributed by atoms with Gasteiger partial charge in [0.2, 0.25) is 5.54 Å². The number of nitrogens with two attached hydrogens (primary N) is 1. The maximum atomic E-state index is 12.4. The molecular weight excluding hydrogens is 390 g/mol. The van der Waals surface area contributed by atoms with E-state index in [0.29, 0.717) is 23.5 Å². The number of quaternary nitrogens is 1. The third-order valence-electron chi connectivity index (χ3n) is 5.26. The molecule has 1 fully saturated rings. The number of ether oxygens (including phenoxy) is 1. The topological polar surface area (TPSA) is 98.8 Å². The highest BCUT2D eigenvalue weighted by atomic mass is 35.5. The maximum absolute atomic E-state index is 12.4. The lowest BCUT2D eigenvalue weighted by Gasteiger charge is -2.46. The highest BCUT2D eigenvalue weighted by Crippen LogP contribution is 2.40. The van der Waals surface area contributed by atoms with E-state index in [2.05, 4.69) is 5.18 Å². The minimum atomic E-state index is -2.07. The van der Waals surface area contributed by atoms with Crippen LogP contribution in [0.5, 0.6) is 0 Å². The molecule has 7 nitrogen and oxygen atoms in total. The Morgan fingerprint density at radius 3 is 2.30 bits per heavy atom. The predicted molar refractivity (Wildman–Crippen MR) is 101 cm³/mol. The number of Topliss-reactive ketones (excluding diaryl/α,β-unsaturated/α-hetero) is 1. The molecule has 1 unspecified atom stereocenters. The molecule has 0 aliphatic carbocycles. The van der Waals surface area contributed by atoms with Crippen molar-refractivity contribution in [2.24, 2.45) is 10.9 Å². The SMILES string of the molecule is CCOC(=O)C(N)(C(C)=O)C1(N=O)CC[N+](S)(Cc2ccccc2)CC1.[Cl-]. The number of hydrogen-bond acceptors (Lipinski definition) is 7. The second kappa shape index (κ2) is 9.14. The molecule has 0 aromatic heterocycles. The van der Waals surface area contributed by atoms with Crippen LogP contribution in [0.4, 0.5) is 0 Å². The van der Waals surface area contributed by atoms with Gasteiger partial charge < -0.3 is 22.9 Å². The molecule has 150 valence electrons. The normalized spacial score (nSPS) is 27.0. The standard InChI is InChI=1S/C18H26N3O4S.ClH/c1-3-25-16(23)18(19,14(2)22)17(20-24)9-11-21(26,12-10-17)13-15-7-5-4-6-8-15;/h4-8,26H,3,9-13,19H2,1-2H3;1H/q+1;/p-1. The van der Waals surface area contributed by atoms with E-state index in [-0.39, 0.29) is 31.9 Å². The molecule has 0 saturated carbocycles. The van der Waals surface area contributed by atoms with Crippen molar-refractivity contribution in [1.82, 2.24) is 0 Å². The molecule has 2 rings (SSSR count). The number of rotatable bonds is 7. The fraction of sp³-hybridized carbons (Fsp3) is 0.556. The smallest absolute Gasteiger partial charge is 0.336 e. The monoisotopic (exact) mass is 415 g/mol. The van der Waals surface area contributed by atoms with E-state index in [9.17, 15) is 14.5 Å². The average molecular weight is 416 g/mol. The highest BCUT2D eigenvalue weighted by molar-refractivity contribution is 7.74. The Bertz CT molecular complexity index is 680. The minimum Gasteiger partial charge on any atom is -1.00 e. The summed E-state index contributed by atoms with van der Waals surface area (Å²) >= 11 is 4.77. The Hall–Kier alpha value is -1.48. The summed E-state index contributed by atoms with van der Waals surface area (Å²) in [5.41, 5.74) is 3.70. The Balaban J connectivity index is 0.00000364. The molecule has 1 aliphatic heterocycles. The number of esters is 1. The van der Waals surface area contributed by atoms with Gasteiger partial charge in [0.1, 0.15) is 12.1 Å². The van der Waals surface area contributed by atoms with Gasteiger partial charge in [-0.15, -0.1) is 0 Å². The first-order valence-electron chi connectivity index (χ1n) is 8.67. The van der Waals surface area contributed by atoms with Gasteiger partial charge in [0, 0.05) is 18.4 Å². The van der Waals surface area contributed by atoms with Crippen molar-refractivity contribution in [2.75, 3.05) is 19.7 Å². The van der Waals surface area contributed by atoms with Crippen molar-refractivity contribution >= 4 is 24.6 Å². The van der Waals surface area contributed by atoms with E-state index >= 15 is 0 Å². The van der Waals surface area contributed by atoms with Gasteiger partial charge in [-0.05, 0) is 13.8 Å². The van der Waals surface area contributed by atoms with E-state index in [1.54, 1.807) is 6.92 Å². The van der Waals surface area contributed by atoms with Gasteiger partial charge in [-0.2, -0.15) is 4.91 Å². The van der Waals surface area contributed by atoms with E-state index in [1.165, 1.54) is 6.92 Å². The largest absolute Gasteiger partial charge is 1.00 e. The summed E-state index contributed by atoms with van der Waals surface area (Å²) < 4.78 is 5.38. The highest BCUT2D eigenvalue weighted by Gasteiger charge is 2.63. The lowest BCUT2D eigenvalue weighted by molar-refractivity contribution is -0.813. The van der Waals surface area contributed by atoms with E-state index in [4.69, 9.17) is 23.3 Å². The van der Waals surface area contributed by atoms with Gasteiger partial charge in [-0.25, -0.2) is 4.79 Å². The van der Waals surface area contributed by atoms with Crippen molar-refractivity contribution in [3.63, 3.8) is 0 Å². The summed E-state index contributed by atoms with van der Waals surface area (Å²) in [7, 11) is 0. The molecule has 0 spiro atoms. The van der Waals surface area contributed by atoms with E-state index in [1.807, 2.05) is 30.3 Å². The predicted octanol–water partition coefficient (Wildman–Crippen LogP) is -0.999. The number of benzene rings is 1. The summed E-state index contributed by atoms with van der Waals surface area (Å²) in [5, 5.41) is 3.21. The number of carbonyl (C=O) groups excluding carboxylic acids is 2. The first-order valence-corrected chi connectivity index (χ1v) is 9.07. The zero-order valence-corrected chi connectivity index (χ0v) is 17.2. The molecule has 1 aromatic carbocycles. The molecule has 1 saturated heterocycles. The number of carbonyl (C=O) groups is 2. The van der Waals surface area contributed by atoms with Crippen LogP contribution in [0.25, 0.3) is 0 Å². The van der Waals surface area contributed by atoms with Gasteiger partial charge in [0.25, 0.3) is 0 Å². The molecular formula is C18H26ClN3O4S. The van der Waals surface area contributed by atoms with E-state index in [0.717, 1.165) is 5.56 Å². The van der Waals surface area contributed by atoms with Crippen molar-refractivity contribution in [3.8, 4) is 0 Å². The fourth-order valence-electron chi connectivity index (χ4n) is 3.57. The van der Waals surface area contributed by atoms with Gasteiger partial charge in [0.05, 0.1) is 32.5 Å². The number of thiol groups is 1. The van der Waals surface area contributed by atoms with Crippen molar-refractivity contribution in [3.05, 3.63) is 40.8 Å². The first-order chi connectivity index (χ1) is 12.2. The Labute approximate surface area is 171 Å². The molecule has 1 atom stereocenters. The third-order valence-corrected chi connectivity index (χ3v) is 5.81. The number of likely N-dealkylation sites (tertiary alicyclic amines) is 1. The number of hydrogen-bond donors (Lipinski definition) is 2. The third kappa shape index (κ3) is 4.51. The molecule has 1 aromatic rings. The van der Waals surface area contributed by atoms with Crippen LogP contribution in [0.1, 0.15) is 32.3 Å². The number of nitrogens with zero attached hydrogens (tertiary/aromatic N) is 2. The zero-order chi connectivity index (χ0) is 19.4. The quantitative estimate of drug-likeness (QED) is 0.196. The number of nitroso groups, excluding NO2 is 1. The molecule has 2 N–H and O–H groups in total. The van der Waals surface area contributed by atoms with Crippen molar-refractivity contribution in [1.29, 1.82) is 0 Å². The number of piperidine rings is 1. The van der Waals surface area contributed by atoms with Crippen LogP contribution in [0, 0.1) is 4.91 Å². The molecule has 0 bridgehead atoms. The van der Waals surface area contributed by atoms with Crippen LogP contribution >= 0.6 is 12.8 Å².